The molecule has 1 saturated heterocycles. The molecule has 1 nitrogen and oxygen atoms in total. The second-order valence-electron chi connectivity index (χ2n) is 3.33. The second kappa shape index (κ2) is 4.41. The van der Waals surface area contributed by atoms with Crippen molar-refractivity contribution in [3.63, 3.8) is 0 Å². The number of rotatable bonds is 3. The highest BCUT2D eigenvalue weighted by Gasteiger charge is 2.18. The minimum atomic E-state index is 0.799. The Morgan fingerprint density at radius 2 is 2.45 bits per heavy atom. The molecule has 62 valence electrons. The second-order valence-corrected chi connectivity index (χ2v) is 3.33. The monoisotopic (exact) mass is 151 g/mol. The van der Waals surface area contributed by atoms with Crippen molar-refractivity contribution >= 4 is 0 Å². The van der Waals surface area contributed by atoms with Gasteiger partial charge in [0.25, 0.3) is 0 Å². The summed E-state index contributed by atoms with van der Waals surface area (Å²) in [4.78, 5) is 2.54. The lowest BCUT2D eigenvalue weighted by Gasteiger charge is -2.19. The van der Waals surface area contributed by atoms with Gasteiger partial charge in [-0.25, -0.2) is 0 Å². The predicted molar refractivity (Wildman–Crippen MR) is 48.3 cm³/mol. The maximum atomic E-state index is 5.18. The van der Waals surface area contributed by atoms with Crippen LogP contribution in [-0.2, 0) is 0 Å². The molecule has 0 aliphatic carbocycles. The highest BCUT2D eigenvalue weighted by atomic mass is 15.2. The van der Waals surface area contributed by atoms with Gasteiger partial charge in [0, 0.05) is 12.5 Å². The minimum absolute atomic E-state index is 0.799. The average molecular weight is 151 g/mol. The van der Waals surface area contributed by atoms with Crippen LogP contribution >= 0.6 is 0 Å². The van der Waals surface area contributed by atoms with Gasteiger partial charge in [0.1, 0.15) is 0 Å². The molecule has 0 aromatic heterocycles. The van der Waals surface area contributed by atoms with Gasteiger partial charge in [-0.2, -0.15) is 0 Å². The van der Waals surface area contributed by atoms with E-state index < -0.39 is 0 Å². The fourth-order valence-corrected chi connectivity index (χ4v) is 1.71. The van der Waals surface area contributed by atoms with E-state index in [0.29, 0.717) is 0 Å². The molecule has 1 aliphatic heterocycles. The Morgan fingerprint density at radius 1 is 1.64 bits per heavy atom. The fourth-order valence-electron chi connectivity index (χ4n) is 1.71. The molecule has 0 bridgehead atoms. The molecule has 11 heavy (non-hydrogen) atoms. The number of nitrogens with zero attached hydrogens (tertiary/aromatic N) is 1. The van der Waals surface area contributed by atoms with Crippen LogP contribution in [0.15, 0.2) is 0 Å². The first-order valence-electron chi connectivity index (χ1n) is 4.52. The van der Waals surface area contributed by atoms with Crippen molar-refractivity contribution in [2.24, 2.45) is 0 Å². The molecule has 0 radical (unpaired) electrons. The zero-order valence-corrected chi connectivity index (χ0v) is 7.34. The van der Waals surface area contributed by atoms with E-state index in [1.165, 1.54) is 32.4 Å². The molecule has 0 aromatic carbocycles. The van der Waals surface area contributed by atoms with Crippen LogP contribution in [0.1, 0.15) is 32.6 Å². The zero-order chi connectivity index (χ0) is 8.10. The maximum Gasteiger partial charge on any atom is 0.00982 e. The number of unbranched alkanes of at least 4 members (excludes halogenated alkanes) is 1. The average Bonchev–Trinajstić information content (AvgIpc) is 2.37. The van der Waals surface area contributed by atoms with Crippen LogP contribution in [0, 0.1) is 12.3 Å². The van der Waals surface area contributed by atoms with Crippen LogP contribution < -0.4 is 0 Å². The molecule has 1 rings (SSSR count). The molecule has 1 heteroatoms. The molecule has 0 spiro atoms. The molecule has 0 saturated carbocycles. The van der Waals surface area contributed by atoms with Gasteiger partial charge < -0.3 is 4.90 Å². The van der Waals surface area contributed by atoms with Crippen molar-refractivity contribution in [3.8, 4) is 12.3 Å². The molecule has 1 atom stereocenters. The third kappa shape index (κ3) is 2.55. The summed E-state index contributed by atoms with van der Waals surface area (Å²) in [5.74, 6) is 2.68. The van der Waals surface area contributed by atoms with Crippen LogP contribution in [0.25, 0.3) is 0 Å². The van der Waals surface area contributed by atoms with E-state index in [9.17, 15) is 0 Å². The first-order chi connectivity index (χ1) is 5.34. The molecule has 1 unspecified atom stereocenters. The fraction of sp³-hybridized carbons (Fsp3) is 0.800. The Bertz CT molecular complexity index is 145. The standard InChI is InChI=1S/C10H17N/c1-3-4-5-8-11-9-6-7-10(11)2/h1,10H,4-9H2,2H3. The summed E-state index contributed by atoms with van der Waals surface area (Å²) >= 11 is 0. The van der Waals surface area contributed by atoms with E-state index in [-0.39, 0.29) is 0 Å². The molecule has 0 N–H and O–H groups in total. The third-order valence-corrected chi connectivity index (χ3v) is 2.46. The quantitative estimate of drug-likeness (QED) is 0.440. The Labute approximate surface area is 69.8 Å². The lowest BCUT2D eigenvalue weighted by atomic mass is 10.2. The summed E-state index contributed by atoms with van der Waals surface area (Å²) in [6, 6.07) is 0.799. The highest BCUT2D eigenvalue weighted by Crippen LogP contribution is 2.16. The SMILES string of the molecule is C#CCCCN1CCCC1C. The van der Waals surface area contributed by atoms with E-state index in [1.54, 1.807) is 0 Å². The van der Waals surface area contributed by atoms with Crippen LogP contribution in [0.5, 0.6) is 0 Å². The molecule has 1 aliphatic rings. The van der Waals surface area contributed by atoms with Crippen molar-refractivity contribution in [2.45, 2.75) is 38.6 Å². The lowest BCUT2D eigenvalue weighted by molar-refractivity contribution is 0.267. The van der Waals surface area contributed by atoms with Gasteiger partial charge in [-0.1, -0.05) is 0 Å². The zero-order valence-electron chi connectivity index (χ0n) is 7.34. The molecule has 1 heterocycles. The maximum absolute atomic E-state index is 5.18. The predicted octanol–water partition coefficient (Wildman–Crippen LogP) is 1.88. The van der Waals surface area contributed by atoms with E-state index in [4.69, 9.17) is 6.42 Å². The normalized spacial score (nSPS) is 25.3. The van der Waals surface area contributed by atoms with Crippen LogP contribution in [0.4, 0.5) is 0 Å². The van der Waals surface area contributed by atoms with Gasteiger partial charge in [0.05, 0.1) is 0 Å². The molecule has 0 aromatic rings. The first-order valence-corrected chi connectivity index (χ1v) is 4.52. The summed E-state index contributed by atoms with van der Waals surface area (Å²) < 4.78 is 0. The van der Waals surface area contributed by atoms with Gasteiger partial charge in [0.2, 0.25) is 0 Å². The van der Waals surface area contributed by atoms with Crippen molar-refractivity contribution < 1.29 is 0 Å². The third-order valence-electron chi connectivity index (χ3n) is 2.46. The summed E-state index contributed by atoms with van der Waals surface area (Å²) in [6.07, 6.45) is 10.0. The topological polar surface area (TPSA) is 3.24 Å². The van der Waals surface area contributed by atoms with Gasteiger partial charge >= 0.3 is 0 Å². The van der Waals surface area contributed by atoms with Crippen LogP contribution in [-0.4, -0.2) is 24.0 Å². The summed E-state index contributed by atoms with van der Waals surface area (Å²) in [5.41, 5.74) is 0. The van der Waals surface area contributed by atoms with Gasteiger partial charge in [-0.3, -0.25) is 0 Å². The number of hydrogen-bond donors (Lipinski definition) is 0. The number of likely N-dealkylation sites (tertiary alicyclic amines) is 1. The Hall–Kier alpha value is -0.480. The van der Waals surface area contributed by atoms with Gasteiger partial charge in [-0.05, 0) is 39.3 Å². The summed E-state index contributed by atoms with van der Waals surface area (Å²) in [6.45, 7) is 4.79. The van der Waals surface area contributed by atoms with Crippen LogP contribution in [0.3, 0.4) is 0 Å². The van der Waals surface area contributed by atoms with E-state index in [0.717, 1.165) is 12.5 Å². The Kier molecular flexibility index (Phi) is 3.45. The summed E-state index contributed by atoms with van der Waals surface area (Å²) in [5, 5.41) is 0. The van der Waals surface area contributed by atoms with Crippen molar-refractivity contribution in [1.82, 2.24) is 4.90 Å². The Morgan fingerprint density at radius 3 is 3.00 bits per heavy atom. The molecular formula is C10H17N. The summed E-state index contributed by atoms with van der Waals surface area (Å²) in [7, 11) is 0. The first kappa shape index (κ1) is 8.62. The lowest BCUT2D eigenvalue weighted by Crippen LogP contribution is -2.27. The van der Waals surface area contributed by atoms with E-state index >= 15 is 0 Å². The smallest absolute Gasteiger partial charge is 0.00982 e. The van der Waals surface area contributed by atoms with Gasteiger partial charge in [0.15, 0.2) is 0 Å². The largest absolute Gasteiger partial charge is 0.301 e. The van der Waals surface area contributed by atoms with Crippen molar-refractivity contribution in [2.75, 3.05) is 13.1 Å². The van der Waals surface area contributed by atoms with Crippen molar-refractivity contribution in [3.05, 3.63) is 0 Å². The number of hydrogen-bond acceptors (Lipinski definition) is 1. The minimum Gasteiger partial charge on any atom is -0.301 e. The van der Waals surface area contributed by atoms with Crippen molar-refractivity contribution in [1.29, 1.82) is 0 Å². The number of terminal acetylenes is 1. The van der Waals surface area contributed by atoms with E-state index in [1.807, 2.05) is 0 Å². The molecule has 1 fully saturated rings. The molecular weight excluding hydrogens is 134 g/mol. The molecule has 0 amide bonds. The van der Waals surface area contributed by atoms with Crippen LogP contribution in [0.2, 0.25) is 0 Å². The van der Waals surface area contributed by atoms with Gasteiger partial charge in [-0.15, -0.1) is 12.3 Å². The Balaban J connectivity index is 2.11. The highest BCUT2D eigenvalue weighted by molar-refractivity contribution is 4.84. The van der Waals surface area contributed by atoms with E-state index in [2.05, 4.69) is 17.7 Å².